The summed E-state index contributed by atoms with van der Waals surface area (Å²) < 4.78 is 33.4. The van der Waals surface area contributed by atoms with Gasteiger partial charge in [0.05, 0.1) is 18.0 Å². The maximum absolute atomic E-state index is 12.3. The zero-order valence-corrected chi connectivity index (χ0v) is 16.8. The van der Waals surface area contributed by atoms with E-state index in [0.717, 1.165) is 29.6 Å². The summed E-state index contributed by atoms with van der Waals surface area (Å²) in [5.74, 6) is 0.762. The molecule has 0 aromatic heterocycles. The van der Waals surface area contributed by atoms with Gasteiger partial charge >= 0.3 is 0 Å². The van der Waals surface area contributed by atoms with Gasteiger partial charge in [-0.15, -0.1) is 0 Å². The highest BCUT2D eigenvalue weighted by Gasteiger charge is 2.12. The van der Waals surface area contributed by atoms with Crippen molar-refractivity contribution in [2.45, 2.75) is 6.42 Å². The van der Waals surface area contributed by atoms with Crippen molar-refractivity contribution in [3.05, 3.63) is 58.6 Å². The third-order valence-electron chi connectivity index (χ3n) is 4.05. The van der Waals surface area contributed by atoms with Crippen molar-refractivity contribution in [2.75, 3.05) is 30.5 Å². The number of halogens is 1. The number of sulfone groups is 1. The highest BCUT2D eigenvalue weighted by Crippen LogP contribution is 2.29. The predicted molar refractivity (Wildman–Crippen MR) is 110 cm³/mol. The van der Waals surface area contributed by atoms with E-state index in [0.29, 0.717) is 23.1 Å². The SMILES string of the molecule is CS(=O)(=O)CCOc1ccc(Cl)cc1NC(=O)C=Cc1ccc2c(c1)CCO2. The molecule has 8 heteroatoms. The summed E-state index contributed by atoms with van der Waals surface area (Å²) in [4.78, 5) is 12.3. The Morgan fingerprint density at radius 1 is 1.29 bits per heavy atom. The summed E-state index contributed by atoms with van der Waals surface area (Å²) in [5, 5.41) is 3.14. The third kappa shape index (κ3) is 5.74. The van der Waals surface area contributed by atoms with Gasteiger partial charge in [-0.1, -0.05) is 17.7 Å². The lowest BCUT2D eigenvalue weighted by Crippen LogP contribution is -2.14. The van der Waals surface area contributed by atoms with Crippen LogP contribution in [0.4, 0.5) is 5.69 Å². The summed E-state index contributed by atoms with van der Waals surface area (Å²) in [6, 6.07) is 10.5. The molecular formula is C20H20ClNO5S. The zero-order chi connectivity index (χ0) is 20.1. The number of benzene rings is 2. The van der Waals surface area contributed by atoms with Crippen molar-refractivity contribution < 1.29 is 22.7 Å². The van der Waals surface area contributed by atoms with Crippen LogP contribution in [0.3, 0.4) is 0 Å². The molecule has 1 amide bonds. The second kappa shape index (κ2) is 8.67. The normalized spacial score (nSPS) is 13.2. The molecule has 3 rings (SSSR count). The standard InChI is InChI=1S/C20H20ClNO5S/c1-28(24,25)11-10-27-19-6-4-16(21)13-17(19)22-20(23)7-3-14-2-5-18-15(12-14)8-9-26-18/h2-7,12-13H,8-11H2,1H3,(H,22,23). The minimum atomic E-state index is -3.14. The first-order chi connectivity index (χ1) is 13.3. The molecule has 0 saturated heterocycles. The molecule has 2 aromatic carbocycles. The first-order valence-electron chi connectivity index (χ1n) is 8.65. The number of hydrogen-bond acceptors (Lipinski definition) is 5. The topological polar surface area (TPSA) is 81.7 Å². The fourth-order valence-corrected chi connectivity index (χ4v) is 3.24. The number of fused-ring (bicyclic) bond motifs is 1. The monoisotopic (exact) mass is 421 g/mol. The third-order valence-corrected chi connectivity index (χ3v) is 5.20. The predicted octanol–water partition coefficient (Wildman–Crippen LogP) is 3.35. The van der Waals surface area contributed by atoms with Gasteiger partial charge in [-0.2, -0.15) is 0 Å². The van der Waals surface area contributed by atoms with Crippen LogP contribution in [0, 0.1) is 0 Å². The Morgan fingerprint density at radius 2 is 2.11 bits per heavy atom. The van der Waals surface area contributed by atoms with E-state index in [9.17, 15) is 13.2 Å². The molecule has 1 N–H and O–H groups in total. The molecule has 0 fully saturated rings. The Kier molecular flexibility index (Phi) is 6.26. The maximum Gasteiger partial charge on any atom is 0.248 e. The number of hydrogen-bond donors (Lipinski definition) is 1. The highest BCUT2D eigenvalue weighted by molar-refractivity contribution is 7.90. The largest absolute Gasteiger partial charge is 0.493 e. The van der Waals surface area contributed by atoms with Crippen LogP contribution in [-0.2, 0) is 21.1 Å². The van der Waals surface area contributed by atoms with Gasteiger partial charge < -0.3 is 14.8 Å². The lowest BCUT2D eigenvalue weighted by atomic mass is 10.1. The van der Waals surface area contributed by atoms with Gasteiger partial charge in [-0.3, -0.25) is 4.79 Å². The molecule has 0 saturated carbocycles. The average molecular weight is 422 g/mol. The van der Waals surface area contributed by atoms with Crippen molar-refractivity contribution >= 4 is 39.1 Å². The number of ether oxygens (including phenoxy) is 2. The number of carbonyl (C=O) groups is 1. The Hall–Kier alpha value is -2.51. The molecule has 0 bridgehead atoms. The van der Waals surface area contributed by atoms with Gasteiger partial charge in [0.2, 0.25) is 5.91 Å². The Morgan fingerprint density at radius 3 is 2.89 bits per heavy atom. The summed E-state index contributed by atoms with van der Waals surface area (Å²) in [6.45, 7) is 0.663. The number of carbonyl (C=O) groups excluding carboxylic acids is 1. The molecule has 0 aliphatic carbocycles. The molecule has 148 valence electrons. The molecule has 2 aromatic rings. The summed E-state index contributed by atoms with van der Waals surface area (Å²) in [5.41, 5.74) is 2.40. The van der Waals surface area contributed by atoms with Crippen molar-refractivity contribution in [1.82, 2.24) is 0 Å². The lowest BCUT2D eigenvalue weighted by molar-refractivity contribution is -0.111. The van der Waals surface area contributed by atoms with Gasteiger partial charge in [0, 0.05) is 23.8 Å². The van der Waals surface area contributed by atoms with Crippen LogP contribution in [-0.4, -0.2) is 39.5 Å². The Balaban J connectivity index is 1.66. The van der Waals surface area contributed by atoms with Gasteiger partial charge in [0.1, 0.15) is 18.1 Å². The van der Waals surface area contributed by atoms with E-state index in [-0.39, 0.29) is 18.3 Å². The average Bonchev–Trinajstić information content (AvgIpc) is 3.08. The van der Waals surface area contributed by atoms with Crippen molar-refractivity contribution in [2.24, 2.45) is 0 Å². The summed E-state index contributed by atoms with van der Waals surface area (Å²) in [7, 11) is -3.14. The first-order valence-corrected chi connectivity index (χ1v) is 11.1. The van der Waals surface area contributed by atoms with Gasteiger partial charge in [-0.25, -0.2) is 8.42 Å². The van der Waals surface area contributed by atoms with Crippen LogP contribution in [0.5, 0.6) is 11.5 Å². The molecule has 28 heavy (non-hydrogen) atoms. The molecule has 0 radical (unpaired) electrons. The fraction of sp³-hybridized carbons (Fsp3) is 0.250. The summed E-state index contributed by atoms with van der Waals surface area (Å²) >= 11 is 6.00. The molecule has 1 heterocycles. The Bertz CT molecular complexity index is 1020. The highest BCUT2D eigenvalue weighted by atomic mass is 35.5. The first kappa shape index (κ1) is 20.2. The van der Waals surface area contributed by atoms with Gasteiger partial charge in [0.25, 0.3) is 0 Å². The van der Waals surface area contributed by atoms with E-state index in [2.05, 4.69) is 5.32 Å². The zero-order valence-electron chi connectivity index (χ0n) is 15.3. The number of amides is 1. The Labute approximate surface area is 169 Å². The minimum absolute atomic E-state index is 0.0175. The van der Waals surface area contributed by atoms with Crippen LogP contribution >= 0.6 is 11.6 Å². The van der Waals surface area contributed by atoms with Crippen molar-refractivity contribution in [1.29, 1.82) is 0 Å². The minimum Gasteiger partial charge on any atom is -0.493 e. The molecular weight excluding hydrogens is 402 g/mol. The van der Waals surface area contributed by atoms with E-state index in [4.69, 9.17) is 21.1 Å². The molecule has 6 nitrogen and oxygen atoms in total. The van der Waals surface area contributed by atoms with Crippen LogP contribution in [0.1, 0.15) is 11.1 Å². The second-order valence-electron chi connectivity index (χ2n) is 6.41. The van der Waals surface area contributed by atoms with Crippen LogP contribution in [0.25, 0.3) is 6.08 Å². The fourth-order valence-electron chi connectivity index (χ4n) is 2.69. The molecule has 1 aliphatic heterocycles. The molecule has 0 spiro atoms. The van der Waals surface area contributed by atoms with E-state index in [1.807, 2.05) is 18.2 Å². The van der Waals surface area contributed by atoms with Crippen molar-refractivity contribution in [3.8, 4) is 11.5 Å². The number of anilines is 1. The van der Waals surface area contributed by atoms with Gasteiger partial charge in [-0.05, 0) is 47.5 Å². The number of nitrogens with one attached hydrogen (secondary N) is 1. The summed E-state index contributed by atoms with van der Waals surface area (Å²) in [6.07, 6.45) is 5.12. The van der Waals surface area contributed by atoms with Crippen LogP contribution < -0.4 is 14.8 Å². The molecule has 0 atom stereocenters. The van der Waals surface area contributed by atoms with E-state index in [1.54, 1.807) is 24.3 Å². The maximum atomic E-state index is 12.3. The molecule has 1 aliphatic rings. The van der Waals surface area contributed by atoms with E-state index >= 15 is 0 Å². The second-order valence-corrected chi connectivity index (χ2v) is 9.10. The smallest absolute Gasteiger partial charge is 0.248 e. The quantitative estimate of drug-likeness (QED) is 0.693. The van der Waals surface area contributed by atoms with Gasteiger partial charge in [0.15, 0.2) is 9.84 Å². The van der Waals surface area contributed by atoms with E-state index < -0.39 is 9.84 Å². The van der Waals surface area contributed by atoms with Crippen molar-refractivity contribution in [3.63, 3.8) is 0 Å². The number of rotatable bonds is 7. The van der Waals surface area contributed by atoms with Crippen LogP contribution in [0.15, 0.2) is 42.5 Å². The lowest BCUT2D eigenvalue weighted by Gasteiger charge is -2.12. The van der Waals surface area contributed by atoms with E-state index in [1.165, 1.54) is 6.08 Å². The molecule has 0 unspecified atom stereocenters. The van der Waals surface area contributed by atoms with Crippen LogP contribution in [0.2, 0.25) is 5.02 Å².